The fourth-order valence-electron chi connectivity index (χ4n) is 4.02. The number of anilines is 2. The molecule has 6 nitrogen and oxygen atoms in total. The molecule has 0 bridgehead atoms. The van der Waals surface area contributed by atoms with Gasteiger partial charge in [-0.15, -0.1) is 0 Å². The standard InChI is InChI=1S/C16H26N6/c1-2-8-21(7-1)15-11-16(18-12-17-15)22-9-4-13(5-10-22)14-3-6-19-20-14/h11-14,19-20H,1-10H2. The van der Waals surface area contributed by atoms with E-state index in [1.54, 1.807) is 6.33 Å². The van der Waals surface area contributed by atoms with Crippen molar-refractivity contribution >= 4 is 11.6 Å². The Morgan fingerprint density at radius 1 is 0.909 bits per heavy atom. The Labute approximate surface area is 132 Å². The summed E-state index contributed by atoms with van der Waals surface area (Å²) in [6, 6.07) is 2.84. The molecule has 0 saturated carbocycles. The molecule has 4 heterocycles. The van der Waals surface area contributed by atoms with Crippen LogP contribution in [0.1, 0.15) is 32.1 Å². The van der Waals surface area contributed by atoms with Crippen LogP contribution in [0.2, 0.25) is 0 Å². The molecule has 22 heavy (non-hydrogen) atoms. The van der Waals surface area contributed by atoms with E-state index in [9.17, 15) is 0 Å². The van der Waals surface area contributed by atoms with E-state index in [0.717, 1.165) is 50.3 Å². The van der Waals surface area contributed by atoms with Gasteiger partial charge in [-0.3, -0.25) is 10.9 Å². The zero-order chi connectivity index (χ0) is 14.8. The van der Waals surface area contributed by atoms with E-state index < -0.39 is 0 Å². The first-order valence-corrected chi connectivity index (χ1v) is 8.70. The summed E-state index contributed by atoms with van der Waals surface area (Å²) in [6.45, 7) is 5.60. The lowest BCUT2D eigenvalue weighted by Gasteiger charge is -2.35. The van der Waals surface area contributed by atoms with Crippen LogP contribution in [0.15, 0.2) is 12.4 Å². The Morgan fingerprint density at radius 3 is 2.23 bits per heavy atom. The first-order valence-electron chi connectivity index (χ1n) is 8.70. The lowest BCUT2D eigenvalue weighted by atomic mass is 9.88. The monoisotopic (exact) mass is 302 g/mol. The summed E-state index contributed by atoms with van der Waals surface area (Å²) in [5.41, 5.74) is 6.69. The van der Waals surface area contributed by atoms with Gasteiger partial charge in [0.05, 0.1) is 0 Å². The van der Waals surface area contributed by atoms with E-state index >= 15 is 0 Å². The van der Waals surface area contributed by atoms with Gasteiger partial charge in [0.15, 0.2) is 0 Å². The molecule has 3 aliphatic heterocycles. The second-order valence-corrected chi connectivity index (χ2v) is 6.72. The van der Waals surface area contributed by atoms with Crippen molar-refractivity contribution in [2.75, 3.05) is 42.5 Å². The molecule has 0 radical (unpaired) electrons. The Bertz CT molecular complexity index is 487. The average Bonchev–Trinajstić information content (AvgIpc) is 3.29. The Morgan fingerprint density at radius 2 is 1.59 bits per heavy atom. The number of aromatic nitrogens is 2. The highest BCUT2D eigenvalue weighted by Gasteiger charge is 2.29. The van der Waals surface area contributed by atoms with Crippen molar-refractivity contribution in [2.24, 2.45) is 5.92 Å². The number of hydrogen-bond acceptors (Lipinski definition) is 6. The van der Waals surface area contributed by atoms with E-state index in [2.05, 4.69) is 36.7 Å². The van der Waals surface area contributed by atoms with Crippen molar-refractivity contribution < 1.29 is 0 Å². The number of hydrazine groups is 1. The largest absolute Gasteiger partial charge is 0.356 e. The molecule has 4 rings (SSSR count). The highest BCUT2D eigenvalue weighted by Crippen LogP contribution is 2.28. The van der Waals surface area contributed by atoms with Gasteiger partial charge in [-0.05, 0) is 38.0 Å². The maximum atomic E-state index is 4.52. The van der Waals surface area contributed by atoms with Crippen molar-refractivity contribution in [2.45, 2.75) is 38.1 Å². The fourth-order valence-corrected chi connectivity index (χ4v) is 4.02. The van der Waals surface area contributed by atoms with Crippen molar-refractivity contribution in [3.8, 4) is 0 Å². The predicted octanol–water partition coefficient (Wildman–Crippen LogP) is 1.16. The fraction of sp³-hybridized carbons (Fsp3) is 0.750. The summed E-state index contributed by atoms with van der Waals surface area (Å²) in [6.07, 6.45) is 8.07. The van der Waals surface area contributed by atoms with Crippen LogP contribution in [-0.2, 0) is 0 Å². The third-order valence-corrected chi connectivity index (χ3v) is 5.37. The second-order valence-electron chi connectivity index (χ2n) is 6.72. The van der Waals surface area contributed by atoms with Gasteiger partial charge in [-0.2, -0.15) is 0 Å². The third kappa shape index (κ3) is 2.90. The number of hydrogen-bond donors (Lipinski definition) is 2. The second kappa shape index (κ2) is 6.38. The summed E-state index contributed by atoms with van der Waals surface area (Å²) >= 11 is 0. The molecule has 0 aromatic carbocycles. The van der Waals surface area contributed by atoms with Crippen LogP contribution in [0, 0.1) is 5.92 Å². The molecule has 3 aliphatic rings. The zero-order valence-electron chi connectivity index (χ0n) is 13.2. The number of nitrogens with zero attached hydrogens (tertiary/aromatic N) is 4. The molecule has 120 valence electrons. The molecular weight excluding hydrogens is 276 g/mol. The summed E-state index contributed by atoms with van der Waals surface area (Å²) in [5, 5.41) is 0. The smallest absolute Gasteiger partial charge is 0.134 e. The van der Waals surface area contributed by atoms with Gasteiger partial charge in [0.1, 0.15) is 18.0 Å². The third-order valence-electron chi connectivity index (χ3n) is 5.37. The normalized spacial score (nSPS) is 26.8. The average molecular weight is 302 g/mol. The molecule has 1 atom stereocenters. The molecule has 0 spiro atoms. The predicted molar refractivity (Wildman–Crippen MR) is 88.0 cm³/mol. The number of nitrogens with one attached hydrogen (secondary N) is 2. The van der Waals surface area contributed by atoms with Gasteiger partial charge < -0.3 is 9.80 Å². The van der Waals surface area contributed by atoms with Crippen LogP contribution in [0.25, 0.3) is 0 Å². The molecule has 0 amide bonds. The first kappa shape index (κ1) is 14.2. The van der Waals surface area contributed by atoms with Gasteiger partial charge in [0, 0.05) is 44.8 Å². The van der Waals surface area contributed by atoms with Gasteiger partial charge >= 0.3 is 0 Å². The minimum atomic E-state index is 0.660. The molecule has 0 aliphatic carbocycles. The summed E-state index contributed by atoms with van der Waals surface area (Å²) < 4.78 is 0. The van der Waals surface area contributed by atoms with Crippen LogP contribution in [0.3, 0.4) is 0 Å². The van der Waals surface area contributed by atoms with Crippen molar-refractivity contribution in [3.63, 3.8) is 0 Å². The maximum Gasteiger partial charge on any atom is 0.134 e. The molecule has 6 heteroatoms. The van der Waals surface area contributed by atoms with Crippen molar-refractivity contribution in [1.29, 1.82) is 0 Å². The molecule has 1 unspecified atom stereocenters. The Balaban J connectivity index is 1.39. The highest BCUT2D eigenvalue weighted by atomic mass is 15.4. The van der Waals surface area contributed by atoms with Crippen molar-refractivity contribution in [1.82, 2.24) is 20.8 Å². The summed E-state index contributed by atoms with van der Waals surface area (Å²) in [4.78, 5) is 13.8. The lowest BCUT2D eigenvalue weighted by molar-refractivity contribution is 0.310. The Hall–Kier alpha value is -1.40. The minimum Gasteiger partial charge on any atom is -0.356 e. The van der Waals surface area contributed by atoms with Crippen LogP contribution < -0.4 is 20.7 Å². The SMILES string of the molecule is c1nc(N2CCCC2)cc(N2CCC(C3CCNN3)CC2)n1. The topological polar surface area (TPSA) is 56.3 Å². The van der Waals surface area contributed by atoms with Gasteiger partial charge in [0.2, 0.25) is 0 Å². The molecule has 3 fully saturated rings. The molecule has 3 saturated heterocycles. The quantitative estimate of drug-likeness (QED) is 0.874. The van der Waals surface area contributed by atoms with E-state index in [4.69, 9.17) is 0 Å². The van der Waals surface area contributed by atoms with E-state index in [1.165, 1.54) is 32.1 Å². The van der Waals surface area contributed by atoms with Crippen LogP contribution in [-0.4, -0.2) is 48.7 Å². The number of piperidine rings is 1. The van der Waals surface area contributed by atoms with Crippen molar-refractivity contribution in [3.05, 3.63) is 12.4 Å². The summed E-state index contributed by atoms with van der Waals surface area (Å²) in [7, 11) is 0. The maximum absolute atomic E-state index is 4.52. The van der Waals surface area contributed by atoms with Gasteiger partial charge in [0.25, 0.3) is 0 Å². The molecular formula is C16H26N6. The Kier molecular flexibility index (Phi) is 4.12. The molecule has 2 N–H and O–H groups in total. The lowest BCUT2D eigenvalue weighted by Crippen LogP contribution is -2.43. The van der Waals surface area contributed by atoms with E-state index in [1.807, 2.05) is 0 Å². The number of rotatable bonds is 3. The van der Waals surface area contributed by atoms with Crippen LogP contribution in [0.5, 0.6) is 0 Å². The van der Waals surface area contributed by atoms with Crippen LogP contribution in [0.4, 0.5) is 11.6 Å². The highest BCUT2D eigenvalue weighted by molar-refractivity contribution is 5.50. The summed E-state index contributed by atoms with van der Waals surface area (Å²) in [5.74, 6) is 3.00. The van der Waals surface area contributed by atoms with E-state index in [-0.39, 0.29) is 0 Å². The van der Waals surface area contributed by atoms with E-state index in [0.29, 0.717) is 6.04 Å². The van der Waals surface area contributed by atoms with Gasteiger partial charge in [-0.1, -0.05) is 0 Å². The first-order chi connectivity index (χ1) is 10.9. The minimum absolute atomic E-state index is 0.660. The molecule has 1 aromatic heterocycles. The van der Waals surface area contributed by atoms with Crippen LogP contribution >= 0.6 is 0 Å². The zero-order valence-corrected chi connectivity index (χ0v) is 13.2. The molecule has 1 aromatic rings. The van der Waals surface area contributed by atoms with Gasteiger partial charge in [-0.25, -0.2) is 9.97 Å².